The first kappa shape index (κ1) is 11.7. The van der Waals surface area contributed by atoms with Gasteiger partial charge in [0.2, 0.25) is 5.91 Å². The molecule has 1 rings (SSSR count). The van der Waals surface area contributed by atoms with Crippen molar-refractivity contribution in [3.63, 3.8) is 0 Å². The van der Waals surface area contributed by atoms with Crippen LogP contribution >= 0.6 is 0 Å². The molecule has 15 heavy (non-hydrogen) atoms. The van der Waals surface area contributed by atoms with Crippen LogP contribution in [-0.4, -0.2) is 47.3 Å². The fourth-order valence-electron chi connectivity index (χ4n) is 1.17. The van der Waals surface area contributed by atoms with Crippen molar-refractivity contribution in [3.8, 4) is 0 Å². The lowest BCUT2D eigenvalue weighted by Gasteiger charge is -2.15. The zero-order chi connectivity index (χ0) is 11.3. The smallest absolute Gasteiger partial charge is 0.236 e. The Labute approximate surface area is 90.1 Å². The molecule has 5 heteroatoms. The number of carbonyl (C=O) groups is 1. The summed E-state index contributed by atoms with van der Waals surface area (Å²) >= 11 is 0. The third kappa shape index (κ3) is 4.12. The Bertz CT molecular complexity index is 294. The van der Waals surface area contributed by atoms with E-state index in [4.69, 9.17) is 0 Å². The van der Waals surface area contributed by atoms with E-state index >= 15 is 0 Å². The topological polar surface area (TPSA) is 50.2 Å². The van der Waals surface area contributed by atoms with Crippen LogP contribution in [0.15, 0.2) is 18.5 Å². The summed E-state index contributed by atoms with van der Waals surface area (Å²) < 4.78 is 1.85. The van der Waals surface area contributed by atoms with E-state index < -0.39 is 0 Å². The molecular formula is C10H18N4O. The van der Waals surface area contributed by atoms with Crippen LogP contribution in [0, 0.1) is 0 Å². The summed E-state index contributed by atoms with van der Waals surface area (Å²) in [7, 11) is 3.50. The van der Waals surface area contributed by atoms with Crippen molar-refractivity contribution < 1.29 is 4.79 Å². The highest BCUT2D eigenvalue weighted by Crippen LogP contribution is 1.90. The molecule has 0 spiro atoms. The van der Waals surface area contributed by atoms with Crippen molar-refractivity contribution in [2.45, 2.75) is 19.5 Å². The van der Waals surface area contributed by atoms with Crippen LogP contribution in [0.3, 0.4) is 0 Å². The highest BCUT2D eigenvalue weighted by atomic mass is 16.2. The van der Waals surface area contributed by atoms with Crippen LogP contribution in [0.1, 0.15) is 6.92 Å². The highest BCUT2D eigenvalue weighted by Gasteiger charge is 2.07. The van der Waals surface area contributed by atoms with E-state index in [-0.39, 0.29) is 11.9 Å². The van der Waals surface area contributed by atoms with Crippen LogP contribution in [0.5, 0.6) is 0 Å². The van der Waals surface area contributed by atoms with Crippen LogP contribution in [0.25, 0.3) is 0 Å². The number of nitrogens with one attached hydrogen (secondary N) is 1. The Morgan fingerprint density at radius 1 is 1.60 bits per heavy atom. The molecule has 0 aliphatic heterocycles. The van der Waals surface area contributed by atoms with Gasteiger partial charge in [-0.2, -0.15) is 5.10 Å². The quantitative estimate of drug-likeness (QED) is 0.741. The molecule has 0 aromatic carbocycles. The number of hydrogen-bond donors (Lipinski definition) is 1. The number of rotatable bonds is 5. The molecule has 1 aromatic rings. The van der Waals surface area contributed by atoms with Gasteiger partial charge in [0.05, 0.1) is 13.1 Å². The molecule has 84 valence electrons. The minimum absolute atomic E-state index is 0.0855. The molecule has 0 aliphatic carbocycles. The molecule has 5 nitrogen and oxygen atoms in total. The van der Waals surface area contributed by atoms with Gasteiger partial charge in [0.25, 0.3) is 0 Å². The minimum atomic E-state index is 0.0855. The van der Waals surface area contributed by atoms with Crippen LogP contribution in [0.2, 0.25) is 0 Å². The average molecular weight is 210 g/mol. The van der Waals surface area contributed by atoms with Crippen molar-refractivity contribution in [3.05, 3.63) is 18.5 Å². The molecule has 0 fully saturated rings. The average Bonchev–Trinajstić information content (AvgIpc) is 2.66. The third-order valence-electron chi connectivity index (χ3n) is 2.12. The lowest BCUT2D eigenvalue weighted by molar-refractivity contribution is -0.127. The lowest BCUT2D eigenvalue weighted by atomic mass is 10.3. The van der Waals surface area contributed by atoms with Gasteiger partial charge in [-0.05, 0) is 13.0 Å². The number of carbonyl (C=O) groups excluding carboxylic acids is 1. The summed E-state index contributed by atoms with van der Waals surface area (Å²) in [6, 6.07) is 2.12. The second-order valence-electron chi connectivity index (χ2n) is 3.80. The largest absolute Gasteiger partial charge is 0.348 e. The predicted molar refractivity (Wildman–Crippen MR) is 58.4 cm³/mol. The fraction of sp³-hybridized carbons (Fsp3) is 0.600. The molecule has 1 unspecified atom stereocenters. The molecule has 0 saturated heterocycles. The maximum Gasteiger partial charge on any atom is 0.236 e. The maximum absolute atomic E-state index is 11.3. The molecule has 1 amide bonds. The van der Waals surface area contributed by atoms with Crippen molar-refractivity contribution in [1.82, 2.24) is 20.0 Å². The summed E-state index contributed by atoms with van der Waals surface area (Å²) in [4.78, 5) is 12.9. The zero-order valence-corrected chi connectivity index (χ0v) is 9.47. The van der Waals surface area contributed by atoms with Crippen molar-refractivity contribution in [2.75, 3.05) is 20.6 Å². The van der Waals surface area contributed by atoms with Crippen LogP contribution in [0.4, 0.5) is 0 Å². The number of hydrogen-bond acceptors (Lipinski definition) is 3. The van der Waals surface area contributed by atoms with E-state index in [1.807, 2.05) is 23.9 Å². The molecule has 0 bridgehead atoms. The first-order valence-corrected chi connectivity index (χ1v) is 5.00. The van der Waals surface area contributed by atoms with Crippen molar-refractivity contribution in [2.24, 2.45) is 0 Å². The molecule has 0 saturated carbocycles. The number of aromatic nitrogens is 2. The minimum Gasteiger partial charge on any atom is -0.348 e. The predicted octanol–water partition coefficient (Wildman–Crippen LogP) is -0.0506. The number of likely N-dealkylation sites (N-methyl/N-ethyl adjacent to an activating group) is 1. The zero-order valence-electron chi connectivity index (χ0n) is 9.47. The van der Waals surface area contributed by atoms with E-state index in [1.54, 1.807) is 25.2 Å². The molecular weight excluding hydrogens is 192 g/mol. The van der Waals surface area contributed by atoms with Gasteiger partial charge in [-0.1, -0.05) is 0 Å². The Morgan fingerprint density at radius 2 is 2.33 bits per heavy atom. The lowest BCUT2D eigenvalue weighted by Crippen LogP contribution is -2.39. The van der Waals surface area contributed by atoms with Crippen molar-refractivity contribution in [1.29, 1.82) is 0 Å². The second-order valence-corrected chi connectivity index (χ2v) is 3.80. The van der Waals surface area contributed by atoms with Gasteiger partial charge in [-0.3, -0.25) is 9.48 Å². The normalized spacial score (nSPS) is 12.5. The van der Waals surface area contributed by atoms with Gasteiger partial charge >= 0.3 is 0 Å². The van der Waals surface area contributed by atoms with Gasteiger partial charge in [0.1, 0.15) is 0 Å². The van der Waals surface area contributed by atoms with E-state index in [0.29, 0.717) is 6.54 Å². The molecule has 0 aliphatic rings. The fourth-order valence-corrected chi connectivity index (χ4v) is 1.17. The number of amides is 1. The Balaban J connectivity index is 2.25. The molecule has 1 N–H and O–H groups in total. The summed E-state index contributed by atoms with van der Waals surface area (Å²) in [6.45, 7) is 3.17. The first-order valence-electron chi connectivity index (χ1n) is 5.00. The molecule has 1 atom stereocenters. The monoisotopic (exact) mass is 210 g/mol. The van der Waals surface area contributed by atoms with Crippen molar-refractivity contribution >= 4 is 5.91 Å². The summed E-state index contributed by atoms with van der Waals surface area (Å²) in [5.74, 6) is 0.0855. The maximum atomic E-state index is 11.3. The SMILES string of the molecule is CC(Cn1cccn1)NCC(=O)N(C)C. The Morgan fingerprint density at radius 3 is 2.87 bits per heavy atom. The first-order chi connectivity index (χ1) is 7.09. The standard InChI is InChI=1S/C10H18N4O/c1-9(8-14-6-4-5-12-14)11-7-10(15)13(2)3/h4-6,9,11H,7-8H2,1-3H3. The Kier molecular flexibility index (Phi) is 4.30. The van der Waals surface area contributed by atoms with Gasteiger partial charge < -0.3 is 10.2 Å². The van der Waals surface area contributed by atoms with E-state index in [9.17, 15) is 4.79 Å². The third-order valence-corrected chi connectivity index (χ3v) is 2.12. The molecule has 1 heterocycles. The Hall–Kier alpha value is -1.36. The summed E-state index contributed by atoms with van der Waals surface area (Å²) in [5.41, 5.74) is 0. The number of nitrogens with zero attached hydrogens (tertiary/aromatic N) is 3. The van der Waals surface area contributed by atoms with Crippen LogP contribution in [-0.2, 0) is 11.3 Å². The van der Waals surface area contributed by atoms with Gasteiger partial charge in [0, 0.05) is 32.5 Å². The van der Waals surface area contributed by atoms with Crippen LogP contribution < -0.4 is 5.32 Å². The summed E-state index contributed by atoms with van der Waals surface area (Å²) in [5, 5.41) is 7.25. The molecule has 0 radical (unpaired) electrons. The summed E-state index contributed by atoms with van der Waals surface area (Å²) in [6.07, 6.45) is 3.66. The van der Waals surface area contributed by atoms with E-state index in [2.05, 4.69) is 10.4 Å². The van der Waals surface area contributed by atoms with Gasteiger partial charge in [-0.25, -0.2) is 0 Å². The highest BCUT2D eigenvalue weighted by molar-refractivity contribution is 5.77. The van der Waals surface area contributed by atoms with E-state index in [0.717, 1.165) is 6.54 Å². The second kappa shape index (κ2) is 5.50. The van der Waals surface area contributed by atoms with E-state index in [1.165, 1.54) is 0 Å². The van der Waals surface area contributed by atoms with Gasteiger partial charge in [-0.15, -0.1) is 0 Å². The molecule has 1 aromatic heterocycles. The van der Waals surface area contributed by atoms with Gasteiger partial charge in [0.15, 0.2) is 0 Å².